The molecule has 0 saturated carbocycles. The van der Waals surface area contributed by atoms with Gasteiger partial charge in [0.2, 0.25) is 0 Å². The third-order valence-electron chi connectivity index (χ3n) is 9.79. The molecule has 6 heteroatoms. The predicted octanol–water partition coefficient (Wildman–Crippen LogP) is 14.9. The fourth-order valence-electron chi connectivity index (χ4n) is 6.24. The second-order valence-corrected chi connectivity index (χ2v) is 15.3. The van der Waals surface area contributed by atoms with Crippen LogP contribution in [0.15, 0.2) is 60.8 Å². The van der Waals surface area contributed by atoms with E-state index in [0.29, 0.717) is 19.3 Å². The molecule has 0 aromatic heterocycles. The molecule has 0 aromatic rings. The molecule has 1 atom stereocenters. The van der Waals surface area contributed by atoms with E-state index in [1.807, 2.05) is 0 Å². The van der Waals surface area contributed by atoms with Gasteiger partial charge in [-0.15, -0.1) is 0 Å². The van der Waals surface area contributed by atoms with E-state index in [0.717, 1.165) is 103 Å². The van der Waals surface area contributed by atoms with Crippen LogP contribution in [0.1, 0.15) is 220 Å². The van der Waals surface area contributed by atoms with Crippen LogP contribution in [-0.4, -0.2) is 37.2 Å². The van der Waals surface area contributed by atoms with Gasteiger partial charge in [0.25, 0.3) is 0 Å². The van der Waals surface area contributed by atoms with Crippen LogP contribution in [0.4, 0.5) is 0 Å². The first-order chi connectivity index (χ1) is 27.5. The maximum Gasteiger partial charge on any atom is 0.306 e. The van der Waals surface area contributed by atoms with Crippen molar-refractivity contribution in [1.29, 1.82) is 0 Å². The van der Waals surface area contributed by atoms with Crippen LogP contribution in [-0.2, 0) is 28.6 Å². The molecule has 0 rings (SSSR count). The Bertz CT molecular complexity index is 1040. The Kier molecular flexibility index (Phi) is 42.5. The van der Waals surface area contributed by atoms with Gasteiger partial charge in [-0.25, -0.2) is 0 Å². The van der Waals surface area contributed by atoms with Gasteiger partial charge < -0.3 is 14.2 Å². The van der Waals surface area contributed by atoms with E-state index in [-0.39, 0.29) is 31.1 Å². The monoisotopic (exact) mass is 783 g/mol. The number of allylic oxidation sites excluding steroid dienone is 10. The Balaban J connectivity index is 4.41. The summed E-state index contributed by atoms with van der Waals surface area (Å²) < 4.78 is 16.7. The minimum Gasteiger partial charge on any atom is -0.462 e. The quantitative estimate of drug-likeness (QED) is 0.0202. The molecule has 0 aliphatic rings. The highest BCUT2D eigenvalue weighted by Crippen LogP contribution is 2.13. The Morgan fingerprint density at radius 1 is 0.375 bits per heavy atom. The van der Waals surface area contributed by atoms with Crippen LogP contribution in [0.3, 0.4) is 0 Å². The van der Waals surface area contributed by atoms with Crippen molar-refractivity contribution in [3.63, 3.8) is 0 Å². The van der Waals surface area contributed by atoms with Gasteiger partial charge in [-0.2, -0.15) is 0 Å². The number of carbonyl (C=O) groups excluding carboxylic acids is 3. The van der Waals surface area contributed by atoms with Crippen LogP contribution < -0.4 is 0 Å². The first-order valence-electron chi connectivity index (χ1n) is 23.3. The average molecular weight is 783 g/mol. The Morgan fingerprint density at radius 3 is 1.18 bits per heavy atom. The number of rotatable bonds is 41. The highest BCUT2D eigenvalue weighted by molar-refractivity contribution is 5.71. The summed E-state index contributed by atoms with van der Waals surface area (Å²) in [6, 6.07) is 0. The van der Waals surface area contributed by atoms with E-state index in [4.69, 9.17) is 14.2 Å². The molecule has 0 aliphatic heterocycles. The molecule has 1 unspecified atom stereocenters. The fraction of sp³-hybridized carbons (Fsp3) is 0.740. The Labute approximate surface area is 345 Å². The van der Waals surface area contributed by atoms with Gasteiger partial charge in [0, 0.05) is 19.3 Å². The number of hydrogen-bond acceptors (Lipinski definition) is 6. The second kappa shape index (κ2) is 44.8. The molecular weight excluding hydrogens is 697 g/mol. The van der Waals surface area contributed by atoms with Crippen LogP contribution in [0.25, 0.3) is 0 Å². The summed E-state index contributed by atoms with van der Waals surface area (Å²) in [4.78, 5) is 37.7. The van der Waals surface area contributed by atoms with Gasteiger partial charge in [0.15, 0.2) is 6.10 Å². The SMILES string of the molecule is CC\C=C/C=C\C=C/CCCCCCCC(=O)OC(COC(=O)CCCCCC/C=C\CCCC)COC(=O)CCCCCCCCC/C=C\CCCCCC. The van der Waals surface area contributed by atoms with Gasteiger partial charge >= 0.3 is 17.9 Å². The van der Waals surface area contributed by atoms with Crippen LogP contribution in [0.2, 0.25) is 0 Å². The maximum absolute atomic E-state index is 12.7. The van der Waals surface area contributed by atoms with E-state index in [1.165, 1.54) is 77.0 Å². The van der Waals surface area contributed by atoms with E-state index < -0.39 is 6.10 Å². The van der Waals surface area contributed by atoms with Crippen molar-refractivity contribution in [2.24, 2.45) is 0 Å². The minimum absolute atomic E-state index is 0.0889. The van der Waals surface area contributed by atoms with Crippen molar-refractivity contribution in [3.8, 4) is 0 Å². The Morgan fingerprint density at radius 2 is 0.732 bits per heavy atom. The molecule has 0 bridgehead atoms. The summed E-state index contributed by atoms with van der Waals surface area (Å²) in [5, 5.41) is 0. The standard InChI is InChI=1S/C50H86O6/c1-4-7-10-13-16-19-22-24-25-27-28-31-34-37-40-43-49(52)55-46-47(45-54-48(51)42-39-36-33-30-21-18-15-12-9-6-3)56-50(53)44-41-38-35-32-29-26-23-20-17-14-11-8-5-2/h8,11,14-15,17-20,22-23,47H,4-7,9-10,12-13,16,21,24-46H2,1-3H3/b11-8-,17-14-,18-15-,22-19-,23-20-. The summed E-state index contributed by atoms with van der Waals surface area (Å²) in [5.41, 5.74) is 0. The largest absolute Gasteiger partial charge is 0.462 e. The number of ether oxygens (including phenoxy) is 3. The fourth-order valence-corrected chi connectivity index (χ4v) is 6.24. The third kappa shape index (κ3) is 42.3. The maximum atomic E-state index is 12.7. The molecule has 0 fully saturated rings. The van der Waals surface area contributed by atoms with Crippen molar-refractivity contribution in [2.45, 2.75) is 226 Å². The number of esters is 3. The van der Waals surface area contributed by atoms with Crippen molar-refractivity contribution in [2.75, 3.05) is 13.2 Å². The topological polar surface area (TPSA) is 78.9 Å². The van der Waals surface area contributed by atoms with Gasteiger partial charge in [0.1, 0.15) is 13.2 Å². The van der Waals surface area contributed by atoms with E-state index in [1.54, 1.807) is 0 Å². The van der Waals surface area contributed by atoms with Crippen molar-refractivity contribution >= 4 is 17.9 Å². The summed E-state index contributed by atoms with van der Waals surface area (Å²) >= 11 is 0. The highest BCUT2D eigenvalue weighted by atomic mass is 16.6. The first kappa shape index (κ1) is 53.1. The van der Waals surface area contributed by atoms with E-state index >= 15 is 0 Å². The van der Waals surface area contributed by atoms with Gasteiger partial charge in [-0.1, -0.05) is 178 Å². The van der Waals surface area contributed by atoms with Gasteiger partial charge in [-0.05, 0) is 83.5 Å². The lowest BCUT2D eigenvalue weighted by Gasteiger charge is -2.18. The molecule has 0 spiro atoms. The van der Waals surface area contributed by atoms with Gasteiger partial charge in [0.05, 0.1) is 0 Å². The second-order valence-electron chi connectivity index (χ2n) is 15.3. The predicted molar refractivity (Wildman–Crippen MR) is 238 cm³/mol. The molecule has 56 heavy (non-hydrogen) atoms. The van der Waals surface area contributed by atoms with Crippen LogP contribution >= 0.6 is 0 Å². The molecule has 6 nitrogen and oxygen atoms in total. The van der Waals surface area contributed by atoms with Gasteiger partial charge in [-0.3, -0.25) is 14.4 Å². The van der Waals surface area contributed by atoms with Crippen LogP contribution in [0.5, 0.6) is 0 Å². The summed E-state index contributed by atoms with van der Waals surface area (Å²) in [5.74, 6) is -0.931. The van der Waals surface area contributed by atoms with E-state index in [2.05, 4.69) is 81.5 Å². The van der Waals surface area contributed by atoms with Crippen molar-refractivity contribution in [1.82, 2.24) is 0 Å². The molecule has 0 aromatic carbocycles. The lowest BCUT2D eigenvalue weighted by molar-refractivity contribution is -0.167. The molecule has 0 heterocycles. The Hall–Kier alpha value is -2.89. The lowest BCUT2D eigenvalue weighted by atomic mass is 10.1. The minimum atomic E-state index is -0.788. The van der Waals surface area contributed by atoms with Crippen molar-refractivity contribution in [3.05, 3.63) is 60.8 Å². The molecule has 322 valence electrons. The van der Waals surface area contributed by atoms with Crippen molar-refractivity contribution < 1.29 is 28.6 Å². The van der Waals surface area contributed by atoms with E-state index in [9.17, 15) is 14.4 Å². The lowest BCUT2D eigenvalue weighted by Crippen LogP contribution is -2.30. The van der Waals surface area contributed by atoms with Crippen LogP contribution in [0, 0.1) is 0 Å². The average Bonchev–Trinajstić information content (AvgIpc) is 3.19. The molecular formula is C50H86O6. The number of unbranched alkanes of at least 4 members (excludes halogenated alkanes) is 22. The zero-order valence-corrected chi connectivity index (χ0v) is 36.6. The molecule has 0 N–H and O–H groups in total. The molecule has 0 radical (unpaired) electrons. The summed E-state index contributed by atoms with van der Waals surface area (Å²) in [7, 11) is 0. The smallest absolute Gasteiger partial charge is 0.306 e. The zero-order chi connectivity index (χ0) is 40.8. The zero-order valence-electron chi connectivity index (χ0n) is 36.6. The summed E-state index contributed by atoms with van der Waals surface area (Å²) in [6.45, 7) is 6.40. The normalized spacial score (nSPS) is 12.6. The summed E-state index contributed by atoms with van der Waals surface area (Å²) in [6.07, 6.45) is 53.4. The molecule has 0 amide bonds. The number of carbonyl (C=O) groups is 3. The molecule has 0 saturated heterocycles. The third-order valence-corrected chi connectivity index (χ3v) is 9.79. The molecule has 0 aliphatic carbocycles. The first-order valence-corrected chi connectivity index (χ1v) is 23.3. The number of hydrogen-bond donors (Lipinski definition) is 0. The highest BCUT2D eigenvalue weighted by Gasteiger charge is 2.19.